The summed E-state index contributed by atoms with van der Waals surface area (Å²) < 4.78 is 6.77. The lowest BCUT2D eigenvalue weighted by Gasteiger charge is -2.22. The summed E-state index contributed by atoms with van der Waals surface area (Å²) in [6.45, 7) is 9.15. The quantitative estimate of drug-likeness (QED) is 0.171. The summed E-state index contributed by atoms with van der Waals surface area (Å²) >= 11 is 0. The fourth-order valence-corrected chi connectivity index (χ4v) is 14.5. The Morgan fingerprint density at radius 2 is 0.687 bits per heavy atom. The van der Waals surface area contributed by atoms with Crippen LogP contribution in [0, 0.1) is 45.3 Å². The fourth-order valence-electron chi connectivity index (χ4n) is 14.5. The molecule has 3 heterocycles. The highest BCUT2D eigenvalue weighted by molar-refractivity contribution is 6.16. The smallest absolute Gasteiger partial charge is 0.101 e. The molecule has 0 atom stereocenters. The molecule has 11 aromatic carbocycles. The largest absolute Gasteiger partial charge is 0.309 e. The third-order valence-corrected chi connectivity index (χ3v) is 18.3. The molecule has 0 aliphatic heterocycles. The number of rotatable bonds is 5. The standard InChI is InChI=1S/C76H47N7/c1-75(2)63-22-12-8-18-51(63)57-36-61-53-20-10-14-24-67(53)82(71(61)38-65(57)75)73-48(42-79)30-44(40-77)32-55(73)46-26-28-69-59(34-46)60-35-47(27-29-70(60)81(69)50-16-6-5-7-17-50)56-33-45(41-78)31-49(43-80)74(56)83-68-25-15-11-21-54(68)62-37-58-52-19-9-13-23-64(52)76(3,4)66(58)39-72(62)83/h5-39H,1-4H3. The van der Waals surface area contributed by atoms with Crippen LogP contribution in [0.5, 0.6) is 0 Å². The summed E-state index contributed by atoms with van der Waals surface area (Å²) in [7, 11) is 0. The van der Waals surface area contributed by atoms with E-state index in [-0.39, 0.29) is 10.8 Å². The van der Waals surface area contributed by atoms with E-state index >= 15 is 0 Å². The Labute approximate surface area is 478 Å². The maximum absolute atomic E-state index is 11.3. The van der Waals surface area contributed by atoms with Crippen LogP contribution in [0.3, 0.4) is 0 Å². The molecule has 83 heavy (non-hydrogen) atoms. The molecule has 7 nitrogen and oxygen atoms in total. The molecule has 2 aliphatic rings. The Bertz CT molecular complexity index is 5120. The number of hydrogen-bond acceptors (Lipinski definition) is 4. The van der Waals surface area contributed by atoms with Crippen LogP contribution in [0.15, 0.2) is 212 Å². The van der Waals surface area contributed by atoms with Gasteiger partial charge in [0.25, 0.3) is 0 Å². The molecule has 0 amide bonds. The summed E-state index contributed by atoms with van der Waals surface area (Å²) in [4.78, 5) is 0. The van der Waals surface area contributed by atoms with E-state index in [0.29, 0.717) is 33.6 Å². The summed E-state index contributed by atoms with van der Waals surface area (Å²) in [5.74, 6) is 0. The van der Waals surface area contributed by atoms with Gasteiger partial charge in [-0.15, -0.1) is 0 Å². The Morgan fingerprint density at radius 1 is 0.289 bits per heavy atom. The molecule has 3 aromatic heterocycles. The van der Waals surface area contributed by atoms with Gasteiger partial charge < -0.3 is 13.7 Å². The molecule has 0 radical (unpaired) electrons. The molecule has 16 rings (SSSR count). The number of para-hydroxylation sites is 3. The zero-order valence-electron chi connectivity index (χ0n) is 45.8. The van der Waals surface area contributed by atoms with E-state index in [2.05, 4.69) is 223 Å². The van der Waals surface area contributed by atoms with E-state index < -0.39 is 0 Å². The zero-order valence-corrected chi connectivity index (χ0v) is 45.8. The number of nitrogens with zero attached hydrogens (tertiary/aromatic N) is 7. The van der Waals surface area contributed by atoms with Crippen LogP contribution >= 0.6 is 0 Å². The summed E-state index contributed by atoms with van der Waals surface area (Å²) in [5, 5.41) is 50.1. The highest BCUT2D eigenvalue weighted by Gasteiger charge is 2.38. The van der Waals surface area contributed by atoms with Crippen molar-refractivity contribution in [2.75, 3.05) is 0 Å². The predicted molar refractivity (Wildman–Crippen MR) is 334 cm³/mol. The normalized spacial score (nSPS) is 13.4. The first kappa shape index (κ1) is 47.8. The van der Waals surface area contributed by atoms with E-state index in [4.69, 9.17) is 0 Å². The Morgan fingerprint density at radius 3 is 1.13 bits per heavy atom. The van der Waals surface area contributed by atoms with E-state index in [9.17, 15) is 21.0 Å². The molecule has 0 saturated heterocycles. The van der Waals surface area contributed by atoms with Gasteiger partial charge in [0, 0.05) is 60.0 Å². The average molecular weight is 1060 g/mol. The maximum atomic E-state index is 11.3. The molecular weight excluding hydrogens is 1010 g/mol. The second-order valence-electron chi connectivity index (χ2n) is 23.3. The van der Waals surface area contributed by atoms with Crippen molar-refractivity contribution in [3.05, 3.63) is 257 Å². The number of benzene rings is 11. The van der Waals surface area contributed by atoms with Crippen molar-refractivity contribution in [2.24, 2.45) is 0 Å². The predicted octanol–water partition coefficient (Wildman–Crippen LogP) is 18.4. The SMILES string of the molecule is CC1(C)c2ccccc2-c2cc3c4ccccc4n(-c4c(C#N)cc(C#N)cc4-c4ccc5c(c4)c4cc(-c6cc(C#N)cc(C#N)c6-n6c7ccccc7c7cc8c(cc76)C(C)(C)c6ccccc6-8)ccc4n5-c4ccccc4)c3cc21. The van der Waals surface area contributed by atoms with Crippen molar-refractivity contribution in [3.63, 3.8) is 0 Å². The van der Waals surface area contributed by atoms with Crippen molar-refractivity contribution in [2.45, 2.75) is 38.5 Å². The van der Waals surface area contributed by atoms with Crippen molar-refractivity contribution in [1.29, 1.82) is 21.0 Å². The second-order valence-corrected chi connectivity index (χ2v) is 23.3. The van der Waals surface area contributed by atoms with E-state index in [1.165, 1.54) is 44.5 Å². The van der Waals surface area contributed by atoms with Crippen LogP contribution in [-0.2, 0) is 10.8 Å². The fraction of sp³-hybridized carbons (Fsp3) is 0.0789. The highest BCUT2D eigenvalue weighted by Crippen LogP contribution is 2.54. The number of hydrogen-bond donors (Lipinski definition) is 0. The van der Waals surface area contributed by atoms with Gasteiger partial charge in [0.15, 0.2) is 0 Å². The first-order chi connectivity index (χ1) is 40.5. The summed E-state index contributed by atoms with van der Waals surface area (Å²) in [6.07, 6.45) is 0. The van der Waals surface area contributed by atoms with E-state index in [1.54, 1.807) is 12.1 Å². The van der Waals surface area contributed by atoms with Crippen molar-refractivity contribution in [1.82, 2.24) is 13.7 Å². The molecule has 14 aromatic rings. The van der Waals surface area contributed by atoms with Gasteiger partial charge in [-0.05, 0) is 153 Å². The molecule has 386 valence electrons. The van der Waals surface area contributed by atoms with Crippen LogP contribution in [0.2, 0.25) is 0 Å². The summed E-state index contributed by atoms with van der Waals surface area (Å²) in [5.41, 5.74) is 22.2. The van der Waals surface area contributed by atoms with Crippen LogP contribution < -0.4 is 0 Å². The summed E-state index contributed by atoms with van der Waals surface area (Å²) in [6, 6.07) is 83.9. The highest BCUT2D eigenvalue weighted by atomic mass is 15.0. The van der Waals surface area contributed by atoms with Gasteiger partial charge in [-0.3, -0.25) is 0 Å². The minimum atomic E-state index is -0.273. The minimum Gasteiger partial charge on any atom is -0.309 e. The first-order valence-corrected chi connectivity index (χ1v) is 28.0. The molecule has 0 fully saturated rings. The van der Waals surface area contributed by atoms with E-state index in [0.717, 1.165) is 93.4 Å². The minimum absolute atomic E-state index is 0.273. The van der Waals surface area contributed by atoms with Crippen LogP contribution in [0.4, 0.5) is 0 Å². The molecule has 0 unspecified atom stereocenters. The molecule has 2 aliphatic carbocycles. The van der Waals surface area contributed by atoms with Gasteiger partial charge in [-0.2, -0.15) is 21.0 Å². The lowest BCUT2D eigenvalue weighted by molar-refractivity contribution is 0.661. The number of nitriles is 4. The van der Waals surface area contributed by atoms with Crippen LogP contribution in [-0.4, -0.2) is 13.7 Å². The Kier molecular flexibility index (Phi) is 9.86. The van der Waals surface area contributed by atoms with Crippen molar-refractivity contribution in [3.8, 4) is 85.8 Å². The molecule has 0 spiro atoms. The van der Waals surface area contributed by atoms with Gasteiger partial charge in [0.2, 0.25) is 0 Å². The van der Waals surface area contributed by atoms with Crippen molar-refractivity contribution >= 4 is 65.4 Å². The third-order valence-electron chi connectivity index (χ3n) is 18.3. The molecular formula is C76H47N7. The number of fused-ring (bicyclic) bond motifs is 15. The zero-order chi connectivity index (χ0) is 56.2. The van der Waals surface area contributed by atoms with Gasteiger partial charge in [-0.1, -0.05) is 143 Å². The van der Waals surface area contributed by atoms with Gasteiger partial charge in [-0.25, -0.2) is 0 Å². The molecule has 0 bridgehead atoms. The molecule has 7 heteroatoms. The molecule has 0 N–H and O–H groups in total. The number of aromatic nitrogens is 3. The lowest BCUT2D eigenvalue weighted by Crippen LogP contribution is -2.15. The second kappa shape index (κ2) is 17.1. The van der Waals surface area contributed by atoms with E-state index in [1.807, 2.05) is 42.5 Å². The van der Waals surface area contributed by atoms with Gasteiger partial charge in [0.1, 0.15) is 12.1 Å². The van der Waals surface area contributed by atoms with Gasteiger partial charge in [0.05, 0.1) is 78.9 Å². The third kappa shape index (κ3) is 6.51. The van der Waals surface area contributed by atoms with Gasteiger partial charge >= 0.3 is 0 Å². The molecule has 0 saturated carbocycles. The van der Waals surface area contributed by atoms with Crippen LogP contribution in [0.1, 0.15) is 72.2 Å². The average Bonchev–Trinajstić information content (AvgIpc) is 1.94. The Hall–Kier alpha value is -11.2. The van der Waals surface area contributed by atoms with Crippen LogP contribution in [0.25, 0.3) is 127 Å². The van der Waals surface area contributed by atoms with Crippen molar-refractivity contribution < 1.29 is 0 Å². The lowest BCUT2D eigenvalue weighted by atomic mass is 9.82. The Balaban J connectivity index is 0.961. The topological polar surface area (TPSA) is 110 Å². The first-order valence-electron chi connectivity index (χ1n) is 28.0. The maximum Gasteiger partial charge on any atom is 0.101 e. The monoisotopic (exact) mass is 1060 g/mol.